The summed E-state index contributed by atoms with van der Waals surface area (Å²) in [4.78, 5) is 5.64. The van der Waals surface area contributed by atoms with Gasteiger partial charge in [0.1, 0.15) is 5.03 Å². The second kappa shape index (κ2) is 5.34. The number of aryl methyl sites for hydroxylation is 1. The first-order chi connectivity index (χ1) is 8.16. The van der Waals surface area contributed by atoms with Gasteiger partial charge in [0.15, 0.2) is 0 Å². The fourth-order valence-electron chi connectivity index (χ4n) is 1.68. The third-order valence-electron chi connectivity index (χ3n) is 2.58. The Balaban J connectivity index is 2.21. The molecule has 2 nitrogen and oxygen atoms in total. The minimum atomic E-state index is 0.0401. The maximum atomic E-state index is 5.87. The van der Waals surface area contributed by atoms with Gasteiger partial charge in [-0.2, -0.15) is 0 Å². The summed E-state index contributed by atoms with van der Waals surface area (Å²) in [5.41, 5.74) is 8.19. The molecule has 1 aromatic heterocycles. The number of hydrogen-bond donors (Lipinski definition) is 1. The first-order valence-electron chi connectivity index (χ1n) is 5.62. The van der Waals surface area contributed by atoms with Gasteiger partial charge in [0.2, 0.25) is 0 Å². The van der Waals surface area contributed by atoms with Crippen molar-refractivity contribution in [3.63, 3.8) is 0 Å². The maximum absolute atomic E-state index is 5.87. The third-order valence-corrected chi connectivity index (χ3v) is 3.52. The molecular formula is C14H16N2S. The van der Waals surface area contributed by atoms with Crippen molar-refractivity contribution in [3.8, 4) is 0 Å². The molecule has 2 aromatic rings. The van der Waals surface area contributed by atoms with E-state index in [9.17, 15) is 0 Å². The Morgan fingerprint density at radius 2 is 1.94 bits per heavy atom. The predicted molar refractivity (Wildman–Crippen MR) is 72.1 cm³/mol. The van der Waals surface area contributed by atoms with Crippen LogP contribution in [0.1, 0.15) is 24.1 Å². The van der Waals surface area contributed by atoms with E-state index in [0.29, 0.717) is 0 Å². The fraction of sp³-hybridized carbons (Fsp3) is 0.214. The van der Waals surface area contributed by atoms with Crippen molar-refractivity contribution in [2.75, 3.05) is 0 Å². The zero-order chi connectivity index (χ0) is 12.3. The topological polar surface area (TPSA) is 38.9 Å². The van der Waals surface area contributed by atoms with Gasteiger partial charge < -0.3 is 5.73 Å². The number of benzene rings is 1. The molecule has 0 saturated heterocycles. The van der Waals surface area contributed by atoms with Crippen LogP contribution < -0.4 is 5.73 Å². The molecule has 3 heteroatoms. The Morgan fingerprint density at radius 1 is 1.24 bits per heavy atom. The molecule has 0 aliphatic carbocycles. The van der Waals surface area contributed by atoms with Crippen molar-refractivity contribution in [3.05, 3.63) is 53.7 Å². The molecule has 88 valence electrons. The van der Waals surface area contributed by atoms with Gasteiger partial charge in [-0.3, -0.25) is 0 Å². The van der Waals surface area contributed by atoms with Gasteiger partial charge in [0.05, 0.1) is 0 Å². The number of nitrogens with two attached hydrogens (primary N) is 1. The maximum Gasteiger partial charge on any atom is 0.101 e. The molecule has 1 aromatic carbocycles. The Morgan fingerprint density at radius 3 is 2.53 bits per heavy atom. The summed E-state index contributed by atoms with van der Waals surface area (Å²) in [5.74, 6) is 0. The zero-order valence-corrected chi connectivity index (χ0v) is 10.9. The van der Waals surface area contributed by atoms with Crippen LogP contribution in [0.4, 0.5) is 0 Å². The van der Waals surface area contributed by atoms with Crippen LogP contribution in [0.25, 0.3) is 0 Å². The summed E-state index contributed by atoms with van der Waals surface area (Å²) in [5, 5.41) is 1.01. The Labute approximate surface area is 106 Å². The van der Waals surface area contributed by atoms with E-state index in [2.05, 4.69) is 30.1 Å². The largest absolute Gasteiger partial charge is 0.324 e. The van der Waals surface area contributed by atoms with Gasteiger partial charge in [0.25, 0.3) is 0 Å². The van der Waals surface area contributed by atoms with Crippen LogP contribution in [0.15, 0.2) is 52.5 Å². The molecule has 1 heterocycles. The molecule has 2 N–H and O–H groups in total. The predicted octanol–water partition coefficient (Wildman–Crippen LogP) is 3.56. The quantitative estimate of drug-likeness (QED) is 0.897. The summed E-state index contributed by atoms with van der Waals surface area (Å²) < 4.78 is 0. The highest BCUT2D eigenvalue weighted by molar-refractivity contribution is 7.99. The van der Waals surface area contributed by atoms with Crippen LogP contribution in [0, 0.1) is 6.92 Å². The van der Waals surface area contributed by atoms with Crippen LogP contribution in [0.2, 0.25) is 0 Å². The monoisotopic (exact) mass is 244 g/mol. The van der Waals surface area contributed by atoms with Gasteiger partial charge in [-0.1, -0.05) is 30.0 Å². The highest BCUT2D eigenvalue weighted by atomic mass is 32.2. The highest BCUT2D eigenvalue weighted by Gasteiger charge is 2.06. The Bertz CT molecular complexity index is 495. The van der Waals surface area contributed by atoms with Crippen LogP contribution in [0.5, 0.6) is 0 Å². The Kier molecular flexibility index (Phi) is 3.82. The lowest BCUT2D eigenvalue weighted by molar-refractivity contribution is 0.796. The number of pyridine rings is 1. The van der Waals surface area contributed by atoms with Gasteiger partial charge in [-0.15, -0.1) is 0 Å². The van der Waals surface area contributed by atoms with Crippen molar-refractivity contribution in [2.24, 2.45) is 5.73 Å². The molecule has 0 saturated carbocycles. The molecule has 0 amide bonds. The van der Waals surface area contributed by atoms with Crippen LogP contribution in [-0.2, 0) is 0 Å². The summed E-state index contributed by atoms with van der Waals surface area (Å²) in [6.07, 6.45) is 1.88. The first-order valence-corrected chi connectivity index (χ1v) is 6.43. The summed E-state index contributed by atoms with van der Waals surface area (Å²) >= 11 is 1.67. The third kappa shape index (κ3) is 3.08. The molecule has 0 fully saturated rings. The average molecular weight is 244 g/mol. The van der Waals surface area contributed by atoms with Crippen molar-refractivity contribution in [2.45, 2.75) is 29.8 Å². The van der Waals surface area contributed by atoms with Gasteiger partial charge in [-0.05, 0) is 43.2 Å². The fourth-order valence-corrected chi connectivity index (χ4v) is 2.56. The lowest BCUT2D eigenvalue weighted by atomic mass is 10.1. The summed E-state index contributed by atoms with van der Waals surface area (Å²) in [6.45, 7) is 4.06. The van der Waals surface area contributed by atoms with Crippen molar-refractivity contribution >= 4 is 11.8 Å². The average Bonchev–Trinajstić information content (AvgIpc) is 2.30. The van der Waals surface area contributed by atoms with Crippen LogP contribution >= 0.6 is 11.8 Å². The standard InChI is InChI=1S/C14H16N2S/c1-10-8-14(16-9-13(10)11(2)15)17-12-6-4-3-5-7-12/h3-9,11H,15H2,1-2H3. The van der Waals surface area contributed by atoms with E-state index in [1.165, 1.54) is 10.5 Å². The lowest BCUT2D eigenvalue weighted by Gasteiger charge is -2.10. The second-order valence-corrected chi connectivity index (χ2v) is 5.18. The summed E-state index contributed by atoms with van der Waals surface area (Å²) in [7, 11) is 0. The van der Waals surface area contributed by atoms with E-state index >= 15 is 0 Å². The first kappa shape index (κ1) is 12.1. The molecule has 0 bridgehead atoms. The van der Waals surface area contributed by atoms with Gasteiger partial charge in [-0.25, -0.2) is 4.98 Å². The van der Waals surface area contributed by atoms with Crippen molar-refractivity contribution in [1.29, 1.82) is 0 Å². The molecule has 0 radical (unpaired) electrons. The minimum Gasteiger partial charge on any atom is -0.324 e. The molecular weight excluding hydrogens is 228 g/mol. The normalized spacial score (nSPS) is 12.4. The molecule has 0 spiro atoms. The van der Waals surface area contributed by atoms with E-state index in [1.54, 1.807) is 11.8 Å². The minimum absolute atomic E-state index is 0.0401. The van der Waals surface area contributed by atoms with Crippen LogP contribution in [-0.4, -0.2) is 4.98 Å². The number of hydrogen-bond acceptors (Lipinski definition) is 3. The number of nitrogens with zero attached hydrogens (tertiary/aromatic N) is 1. The lowest BCUT2D eigenvalue weighted by Crippen LogP contribution is -2.07. The van der Waals surface area contributed by atoms with Gasteiger partial charge >= 0.3 is 0 Å². The van der Waals surface area contributed by atoms with E-state index < -0.39 is 0 Å². The SMILES string of the molecule is Cc1cc(Sc2ccccc2)ncc1C(C)N. The zero-order valence-electron chi connectivity index (χ0n) is 10.1. The van der Waals surface area contributed by atoms with E-state index in [1.807, 2.05) is 31.3 Å². The van der Waals surface area contributed by atoms with Gasteiger partial charge in [0, 0.05) is 17.1 Å². The molecule has 0 aliphatic rings. The van der Waals surface area contributed by atoms with Crippen molar-refractivity contribution in [1.82, 2.24) is 4.98 Å². The molecule has 0 aliphatic heterocycles. The Hall–Kier alpha value is -1.32. The molecule has 1 atom stereocenters. The number of aromatic nitrogens is 1. The van der Waals surface area contributed by atoms with E-state index in [0.717, 1.165) is 10.6 Å². The molecule has 2 rings (SSSR count). The summed E-state index contributed by atoms with van der Waals surface area (Å²) in [6, 6.07) is 12.4. The smallest absolute Gasteiger partial charge is 0.101 e. The highest BCUT2D eigenvalue weighted by Crippen LogP contribution is 2.27. The van der Waals surface area contributed by atoms with E-state index in [4.69, 9.17) is 5.73 Å². The van der Waals surface area contributed by atoms with E-state index in [-0.39, 0.29) is 6.04 Å². The molecule has 1 unspecified atom stereocenters. The second-order valence-electron chi connectivity index (χ2n) is 4.08. The number of rotatable bonds is 3. The molecule has 17 heavy (non-hydrogen) atoms. The van der Waals surface area contributed by atoms with Crippen molar-refractivity contribution < 1.29 is 0 Å². The van der Waals surface area contributed by atoms with Crippen LogP contribution in [0.3, 0.4) is 0 Å².